The smallest absolute Gasteiger partial charge is 0.318 e. The Morgan fingerprint density at radius 1 is 1.64 bits per heavy atom. The molecule has 0 spiro atoms. The van der Waals surface area contributed by atoms with Crippen LogP contribution in [0.25, 0.3) is 0 Å². The fraction of sp³-hybridized carbons (Fsp3) is 0.500. The van der Waals surface area contributed by atoms with Gasteiger partial charge in [0.2, 0.25) is 0 Å². The lowest BCUT2D eigenvalue weighted by Gasteiger charge is -2.09. The predicted molar refractivity (Wildman–Crippen MR) is 43.7 cm³/mol. The van der Waals surface area contributed by atoms with Gasteiger partial charge in [-0.3, -0.25) is 4.79 Å². The van der Waals surface area contributed by atoms with Crippen molar-refractivity contribution in [3.8, 4) is 0 Å². The lowest BCUT2D eigenvalue weighted by atomic mass is 10.2. The normalized spacial score (nSPS) is 12.3. The molecule has 1 unspecified atom stereocenters. The Hall–Kier alpha value is -1.12. The van der Waals surface area contributed by atoms with Gasteiger partial charge in [-0.2, -0.15) is 0 Å². The molecule has 1 N–H and O–H groups in total. The van der Waals surface area contributed by atoms with E-state index in [1.165, 1.54) is 6.08 Å². The van der Waals surface area contributed by atoms with E-state index in [4.69, 9.17) is 10.1 Å². The van der Waals surface area contributed by atoms with Crippen molar-refractivity contribution >= 4 is 12.2 Å². The van der Waals surface area contributed by atoms with Crippen molar-refractivity contribution in [2.45, 2.75) is 20.0 Å². The first-order valence-electron chi connectivity index (χ1n) is 3.45. The van der Waals surface area contributed by atoms with Crippen LogP contribution in [0, 0.1) is 11.3 Å². The number of nitrogens with one attached hydrogen (secondary N) is 1. The summed E-state index contributed by atoms with van der Waals surface area (Å²) in [5, 5.41) is 6.84. The third-order valence-corrected chi connectivity index (χ3v) is 1.06. The van der Waals surface area contributed by atoms with Crippen LogP contribution in [-0.2, 0) is 9.53 Å². The second kappa shape index (κ2) is 4.66. The minimum atomic E-state index is -0.600. The summed E-state index contributed by atoms with van der Waals surface area (Å²) in [6, 6.07) is 0. The largest absolute Gasteiger partial charge is 0.462 e. The molecule has 62 valence electrons. The highest BCUT2D eigenvalue weighted by Gasteiger charge is 2.13. The SMILES string of the molecule is C=CC(C=N)C(=O)OC(C)C. The van der Waals surface area contributed by atoms with Crippen LogP contribution in [0.1, 0.15) is 13.8 Å². The molecule has 0 heterocycles. The van der Waals surface area contributed by atoms with E-state index in [1.54, 1.807) is 13.8 Å². The highest BCUT2D eigenvalue weighted by Crippen LogP contribution is 2.00. The summed E-state index contributed by atoms with van der Waals surface area (Å²) >= 11 is 0. The van der Waals surface area contributed by atoms with Crippen molar-refractivity contribution in [3.63, 3.8) is 0 Å². The fourth-order valence-corrected chi connectivity index (χ4v) is 0.543. The standard InChI is InChI=1S/C8H13NO2/c1-4-7(5-9)8(10)11-6(2)3/h4-7,9H,1H2,2-3H3. The number of esters is 1. The van der Waals surface area contributed by atoms with E-state index in [0.29, 0.717) is 0 Å². The molecule has 0 saturated heterocycles. The van der Waals surface area contributed by atoms with Crippen LogP contribution in [0.5, 0.6) is 0 Å². The van der Waals surface area contributed by atoms with E-state index in [9.17, 15) is 4.79 Å². The first-order valence-corrected chi connectivity index (χ1v) is 3.45. The summed E-state index contributed by atoms with van der Waals surface area (Å²) in [4.78, 5) is 11.0. The lowest BCUT2D eigenvalue weighted by molar-refractivity contribution is -0.148. The number of hydrogen-bond acceptors (Lipinski definition) is 3. The van der Waals surface area contributed by atoms with Crippen LogP contribution >= 0.6 is 0 Å². The first-order chi connectivity index (χ1) is 5.11. The van der Waals surface area contributed by atoms with Crippen molar-refractivity contribution in [2.75, 3.05) is 0 Å². The van der Waals surface area contributed by atoms with Crippen molar-refractivity contribution in [2.24, 2.45) is 5.92 Å². The van der Waals surface area contributed by atoms with Gasteiger partial charge in [-0.1, -0.05) is 6.08 Å². The second-order valence-corrected chi connectivity index (χ2v) is 2.41. The first kappa shape index (κ1) is 9.88. The van der Waals surface area contributed by atoms with Crippen LogP contribution in [-0.4, -0.2) is 18.3 Å². The van der Waals surface area contributed by atoms with Crippen LogP contribution in [0.15, 0.2) is 12.7 Å². The average molecular weight is 155 g/mol. The van der Waals surface area contributed by atoms with Gasteiger partial charge in [-0.15, -0.1) is 6.58 Å². The van der Waals surface area contributed by atoms with E-state index in [-0.39, 0.29) is 6.10 Å². The van der Waals surface area contributed by atoms with Crippen molar-refractivity contribution in [1.82, 2.24) is 0 Å². The molecule has 1 atom stereocenters. The maximum atomic E-state index is 11.0. The van der Waals surface area contributed by atoms with Gasteiger partial charge in [0, 0.05) is 6.21 Å². The molecule has 0 aromatic carbocycles. The maximum Gasteiger partial charge on any atom is 0.318 e. The molecule has 0 amide bonds. The molecule has 0 aliphatic carbocycles. The Morgan fingerprint density at radius 2 is 2.18 bits per heavy atom. The molecule has 0 bridgehead atoms. The van der Waals surface area contributed by atoms with Crippen molar-refractivity contribution in [3.05, 3.63) is 12.7 Å². The van der Waals surface area contributed by atoms with E-state index in [1.807, 2.05) is 0 Å². The zero-order valence-corrected chi connectivity index (χ0v) is 6.83. The zero-order chi connectivity index (χ0) is 8.85. The summed E-state index contributed by atoms with van der Waals surface area (Å²) in [6.45, 7) is 6.94. The second-order valence-electron chi connectivity index (χ2n) is 2.41. The van der Waals surface area contributed by atoms with E-state index in [2.05, 4.69) is 6.58 Å². The lowest BCUT2D eigenvalue weighted by Crippen LogP contribution is -2.20. The van der Waals surface area contributed by atoms with Crippen LogP contribution in [0.3, 0.4) is 0 Å². The number of carbonyl (C=O) groups excluding carboxylic acids is 1. The Morgan fingerprint density at radius 3 is 2.45 bits per heavy atom. The van der Waals surface area contributed by atoms with Gasteiger partial charge in [0.25, 0.3) is 0 Å². The molecule has 0 aromatic rings. The molecule has 3 nitrogen and oxygen atoms in total. The third kappa shape index (κ3) is 3.55. The molecular weight excluding hydrogens is 142 g/mol. The summed E-state index contributed by atoms with van der Waals surface area (Å²) in [5.41, 5.74) is 0. The van der Waals surface area contributed by atoms with Crippen molar-refractivity contribution < 1.29 is 9.53 Å². The number of hydrogen-bond donors (Lipinski definition) is 1. The number of carbonyl (C=O) groups is 1. The Balaban J connectivity index is 3.99. The summed E-state index contributed by atoms with van der Waals surface area (Å²) < 4.78 is 4.83. The molecule has 0 rings (SSSR count). The third-order valence-electron chi connectivity index (χ3n) is 1.06. The Bertz CT molecular complexity index is 155. The summed E-state index contributed by atoms with van der Waals surface area (Å²) in [6.07, 6.45) is 2.26. The fourth-order valence-electron chi connectivity index (χ4n) is 0.543. The highest BCUT2D eigenvalue weighted by molar-refractivity contribution is 5.90. The molecule has 0 aliphatic heterocycles. The van der Waals surface area contributed by atoms with E-state index in [0.717, 1.165) is 6.21 Å². The molecule has 0 aromatic heterocycles. The van der Waals surface area contributed by atoms with Gasteiger partial charge in [-0.25, -0.2) is 0 Å². The van der Waals surface area contributed by atoms with E-state index >= 15 is 0 Å². The minimum Gasteiger partial charge on any atom is -0.462 e. The molecule has 0 radical (unpaired) electrons. The van der Waals surface area contributed by atoms with Gasteiger partial charge in [0.1, 0.15) is 5.92 Å². The maximum absolute atomic E-state index is 11.0. The van der Waals surface area contributed by atoms with Gasteiger partial charge >= 0.3 is 5.97 Å². The molecule has 11 heavy (non-hydrogen) atoms. The summed E-state index contributed by atoms with van der Waals surface area (Å²) in [7, 11) is 0. The van der Waals surface area contributed by atoms with Crippen LogP contribution in [0.2, 0.25) is 0 Å². The molecule has 0 aliphatic rings. The summed E-state index contributed by atoms with van der Waals surface area (Å²) in [5.74, 6) is -1.01. The minimum absolute atomic E-state index is 0.134. The number of rotatable bonds is 4. The topological polar surface area (TPSA) is 50.2 Å². The number of ether oxygens (including phenoxy) is 1. The zero-order valence-electron chi connectivity index (χ0n) is 6.83. The molecular formula is C8H13NO2. The molecule has 3 heteroatoms. The quantitative estimate of drug-likeness (QED) is 0.379. The molecule has 0 fully saturated rings. The monoisotopic (exact) mass is 155 g/mol. The Kier molecular flexibility index (Phi) is 4.18. The van der Waals surface area contributed by atoms with Crippen LogP contribution in [0.4, 0.5) is 0 Å². The van der Waals surface area contributed by atoms with Crippen molar-refractivity contribution in [1.29, 1.82) is 5.41 Å². The highest BCUT2D eigenvalue weighted by atomic mass is 16.5. The van der Waals surface area contributed by atoms with Crippen LogP contribution < -0.4 is 0 Å². The van der Waals surface area contributed by atoms with Gasteiger partial charge in [-0.05, 0) is 13.8 Å². The van der Waals surface area contributed by atoms with E-state index < -0.39 is 11.9 Å². The Labute approximate surface area is 66.6 Å². The van der Waals surface area contributed by atoms with Gasteiger partial charge in [0.05, 0.1) is 6.10 Å². The van der Waals surface area contributed by atoms with Gasteiger partial charge in [0.15, 0.2) is 0 Å². The predicted octanol–water partition coefficient (Wildman–Crippen LogP) is 1.39. The van der Waals surface area contributed by atoms with Gasteiger partial charge < -0.3 is 10.1 Å². The molecule has 0 saturated carbocycles. The average Bonchev–Trinajstić information content (AvgIpc) is 1.88.